The van der Waals surface area contributed by atoms with Crippen molar-refractivity contribution in [1.29, 1.82) is 0 Å². The zero-order valence-corrected chi connectivity index (χ0v) is 10.7. The van der Waals surface area contributed by atoms with Crippen LogP contribution in [-0.2, 0) is 26.5 Å². The number of rotatable bonds is 4. The van der Waals surface area contributed by atoms with Gasteiger partial charge in [0.1, 0.15) is 11.5 Å². The van der Waals surface area contributed by atoms with Gasteiger partial charge in [-0.3, -0.25) is 0 Å². The van der Waals surface area contributed by atoms with Crippen molar-refractivity contribution in [2.24, 2.45) is 0 Å². The number of halogens is 2. The molecule has 0 unspecified atom stereocenters. The molecule has 0 aliphatic heterocycles. The van der Waals surface area contributed by atoms with Crippen molar-refractivity contribution in [2.75, 3.05) is 5.73 Å². The van der Waals surface area contributed by atoms with Crippen molar-refractivity contribution < 1.29 is 28.8 Å². The predicted octanol–water partition coefficient (Wildman–Crippen LogP) is 0.970. The fraction of sp³-hybridized carbons (Fsp3) is 0.250. The lowest BCUT2D eigenvalue weighted by Crippen LogP contribution is -2.06. The first-order chi connectivity index (χ1) is 7.98. The molecular formula is C8H9F2NO5S2. The van der Waals surface area contributed by atoms with Gasteiger partial charge in [-0.15, -0.1) is 3.89 Å². The van der Waals surface area contributed by atoms with Gasteiger partial charge in [-0.05, 0) is 24.1 Å². The molecule has 6 nitrogen and oxygen atoms in total. The van der Waals surface area contributed by atoms with E-state index in [9.17, 15) is 24.6 Å². The molecule has 0 atom stereocenters. The van der Waals surface area contributed by atoms with Crippen LogP contribution in [0.2, 0.25) is 0 Å². The third-order valence-electron chi connectivity index (χ3n) is 2.05. The van der Waals surface area contributed by atoms with Crippen LogP contribution in [-0.4, -0.2) is 16.8 Å². The summed E-state index contributed by atoms with van der Waals surface area (Å²) < 4.78 is 70.3. The van der Waals surface area contributed by atoms with Gasteiger partial charge in [-0.25, -0.2) is 0 Å². The Kier molecular flexibility index (Phi) is 3.81. The van der Waals surface area contributed by atoms with E-state index in [1.54, 1.807) is 0 Å². The Morgan fingerprint density at radius 3 is 2.22 bits per heavy atom. The molecule has 0 radical (unpaired) electrons. The molecule has 0 saturated carbocycles. The minimum Gasteiger partial charge on any atom is -0.398 e. The summed E-state index contributed by atoms with van der Waals surface area (Å²) in [7, 11) is -10.1. The molecule has 0 fully saturated rings. The van der Waals surface area contributed by atoms with E-state index in [0.29, 0.717) is 0 Å². The SMILES string of the molecule is Cc1c(N)cc(OS(=O)(=O)F)cc1CS(=O)(=O)F. The van der Waals surface area contributed by atoms with Gasteiger partial charge in [0.05, 0.1) is 0 Å². The van der Waals surface area contributed by atoms with Gasteiger partial charge < -0.3 is 9.92 Å². The first kappa shape index (κ1) is 14.6. The number of hydrogen-bond donors (Lipinski definition) is 1. The minimum absolute atomic E-state index is 0.0465. The molecule has 1 aromatic carbocycles. The standard InChI is InChI=1S/C8H9F2NO5S2/c1-5-6(4-17(9,12)13)2-7(3-8(5)11)16-18(10,14)15/h2-3H,4,11H2,1H3. The maximum atomic E-state index is 12.6. The molecule has 0 aliphatic carbocycles. The summed E-state index contributed by atoms with van der Waals surface area (Å²) in [5, 5.41) is 0. The lowest BCUT2D eigenvalue weighted by molar-refractivity contribution is 0.440. The molecule has 0 heterocycles. The third-order valence-corrected chi connectivity index (χ3v) is 3.10. The van der Waals surface area contributed by atoms with Crippen molar-refractivity contribution in [3.05, 3.63) is 23.3 Å². The summed E-state index contributed by atoms with van der Waals surface area (Å²) in [6.07, 6.45) is 0. The van der Waals surface area contributed by atoms with E-state index in [1.165, 1.54) is 6.92 Å². The van der Waals surface area contributed by atoms with Crippen LogP contribution in [0.1, 0.15) is 11.1 Å². The number of nitrogens with two attached hydrogens (primary N) is 1. The second kappa shape index (κ2) is 4.69. The quantitative estimate of drug-likeness (QED) is 0.656. The molecule has 0 saturated heterocycles. The van der Waals surface area contributed by atoms with Crippen LogP contribution in [0.5, 0.6) is 5.75 Å². The zero-order valence-electron chi connectivity index (χ0n) is 9.05. The summed E-state index contributed by atoms with van der Waals surface area (Å²) >= 11 is 0. The van der Waals surface area contributed by atoms with Gasteiger partial charge in [-0.1, -0.05) is 3.89 Å². The summed E-state index contributed by atoms with van der Waals surface area (Å²) in [6, 6.07) is 1.88. The van der Waals surface area contributed by atoms with Crippen LogP contribution in [0, 0.1) is 6.92 Å². The van der Waals surface area contributed by atoms with Gasteiger partial charge in [-0.2, -0.15) is 16.8 Å². The average Bonchev–Trinajstić information content (AvgIpc) is 2.08. The van der Waals surface area contributed by atoms with E-state index in [-0.39, 0.29) is 16.8 Å². The highest BCUT2D eigenvalue weighted by molar-refractivity contribution is 7.85. The predicted molar refractivity (Wildman–Crippen MR) is 60.0 cm³/mol. The summed E-state index contributed by atoms with van der Waals surface area (Å²) in [4.78, 5) is 0. The maximum absolute atomic E-state index is 12.6. The highest BCUT2D eigenvalue weighted by Gasteiger charge is 2.17. The molecule has 102 valence electrons. The Balaban J connectivity index is 3.27. The molecule has 18 heavy (non-hydrogen) atoms. The van der Waals surface area contributed by atoms with E-state index in [0.717, 1.165) is 12.1 Å². The molecule has 1 aromatic rings. The number of benzene rings is 1. The normalized spacial score (nSPS) is 12.4. The lowest BCUT2D eigenvalue weighted by Gasteiger charge is -2.09. The Morgan fingerprint density at radius 2 is 1.78 bits per heavy atom. The average molecular weight is 301 g/mol. The summed E-state index contributed by atoms with van der Waals surface area (Å²) in [5.74, 6) is -1.54. The van der Waals surface area contributed by atoms with E-state index in [2.05, 4.69) is 4.18 Å². The Hall–Kier alpha value is -1.42. The van der Waals surface area contributed by atoms with Crippen molar-refractivity contribution >= 4 is 26.4 Å². The molecule has 0 bridgehead atoms. The van der Waals surface area contributed by atoms with Crippen molar-refractivity contribution in [1.82, 2.24) is 0 Å². The van der Waals surface area contributed by atoms with Crippen molar-refractivity contribution in [3.63, 3.8) is 0 Å². The van der Waals surface area contributed by atoms with E-state index >= 15 is 0 Å². The largest absolute Gasteiger partial charge is 0.488 e. The van der Waals surface area contributed by atoms with Crippen molar-refractivity contribution in [3.8, 4) is 5.75 Å². The van der Waals surface area contributed by atoms with Crippen LogP contribution in [0.25, 0.3) is 0 Å². The molecule has 0 aliphatic rings. The van der Waals surface area contributed by atoms with Crippen LogP contribution < -0.4 is 9.92 Å². The third kappa shape index (κ3) is 4.45. The molecular weight excluding hydrogens is 292 g/mol. The highest BCUT2D eigenvalue weighted by Crippen LogP contribution is 2.27. The maximum Gasteiger partial charge on any atom is 0.488 e. The topological polar surface area (TPSA) is 104 Å². The first-order valence-corrected chi connectivity index (χ1v) is 7.29. The van der Waals surface area contributed by atoms with Gasteiger partial charge in [0.2, 0.25) is 0 Å². The number of hydrogen-bond acceptors (Lipinski definition) is 6. The highest BCUT2D eigenvalue weighted by atomic mass is 32.3. The van der Waals surface area contributed by atoms with Crippen LogP contribution in [0.4, 0.5) is 13.5 Å². The molecule has 10 heteroatoms. The van der Waals surface area contributed by atoms with Crippen LogP contribution in [0.15, 0.2) is 12.1 Å². The summed E-state index contributed by atoms with van der Waals surface area (Å²) in [5.41, 5.74) is 5.52. The van der Waals surface area contributed by atoms with Crippen LogP contribution >= 0.6 is 0 Å². The Morgan fingerprint density at radius 1 is 1.22 bits per heavy atom. The fourth-order valence-corrected chi connectivity index (χ4v) is 2.26. The minimum atomic E-state index is -5.27. The lowest BCUT2D eigenvalue weighted by atomic mass is 10.1. The Labute approximate surface area is 103 Å². The fourth-order valence-electron chi connectivity index (χ4n) is 1.27. The van der Waals surface area contributed by atoms with Gasteiger partial charge >= 0.3 is 20.7 Å². The molecule has 0 amide bonds. The zero-order chi connectivity index (χ0) is 14.1. The molecule has 1 rings (SSSR count). The smallest absolute Gasteiger partial charge is 0.398 e. The Bertz CT molecular complexity index is 669. The second-order valence-electron chi connectivity index (χ2n) is 3.46. The van der Waals surface area contributed by atoms with Crippen LogP contribution in [0.3, 0.4) is 0 Å². The molecule has 2 N–H and O–H groups in total. The van der Waals surface area contributed by atoms with E-state index in [1.807, 2.05) is 0 Å². The number of nitrogen functional groups attached to an aromatic ring is 1. The second-order valence-corrected chi connectivity index (χ2v) is 5.78. The van der Waals surface area contributed by atoms with Gasteiger partial charge in [0, 0.05) is 11.8 Å². The van der Waals surface area contributed by atoms with Crippen molar-refractivity contribution in [2.45, 2.75) is 12.7 Å². The first-order valence-electron chi connectivity index (χ1n) is 4.43. The van der Waals surface area contributed by atoms with Gasteiger partial charge in [0.15, 0.2) is 0 Å². The number of anilines is 1. The van der Waals surface area contributed by atoms with E-state index < -0.39 is 32.2 Å². The van der Waals surface area contributed by atoms with Gasteiger partial charge in [0.25, 0.3) is 0 Å². The molecule has 0 spiro atoms. The monoisotopic (exact) mass is 301 g/mol. The summed E-state index contributed by atoms with van der Waals surface area (Å²) in [6.45, 7) is 1.41. The molecule has 0 aromatic heterocycles. The van der Waals surface area contributed by atoms with E-state index in [4.69, 9.17) is 5.73 Å².